The summed E-state index contributed by atoms with van der Waals surface area (Å²) in [7, 11) is 0.408. The first kappa shape index (κ1) is 33.4. The van der Waals surface area contributed by atoms with E-state index in [2.05, 4.69) is 126 Å². The van der Waals surface area contributed by atoms with Gasteiger partial charge >= 0.3 is 0 Å². The molecule has 2 unspecified atom stereocenters. The summed E-state index contributed by atoms with van der Waals surface area (Å²) in [6, 6.07) is 21.5. The lowest BCUT2D eigenvalue weighted by Gasteiger charge is -2.41. The monoisotopic (exact) mass is 655 g/mol. The van der Waals surface area contributed by atoms with Crippen LogP contribution >= 0.6 is 0 Å². The van der Waals surface area contributed by atoms with Gasteiger partial charge in [-0.2, -0.15) is 0 Å². The van der Waals surface area contributed by atoms with E-state index in [1.807, 2.05) is 0 Å². The number of rotatable bonds is 12. The van der Waals surface area contributed by atoms with E-state index in [0.29, 0.717) is 11.1 Å². The van der Waals surface area contributed by atoms with Gasteiger partial charge in [-0.1, -0.05) is 105 Å². The molecule has 252 valence electrons. The Kier molecular flexibility index (Phi) is 9.24. The molecule has 0 amide bonds. The van der Waals surface area contributed by atoms with Crippen LogP contribution in [0.2, 0.25) is 17.6 Å². The highest BCUT2D eigenvalue weighted by molar-refractivity contribution is 6.84. The maximum absolute atomic E-state index is 5.93. The van der Waals surface area contributed by atoms with E-state index in [-0.39, 0.29) is 5.60 Å². The third kappa shape index (κ3) is 5.90. The van der Waals surface area contributed by atoms with E-state index in [9.17, 15) is 0 Å². The van der Waals surface area contributed by atoms with Crippen LogP contribution in [0.1, 0.15) is 108 Å². The number of hydrogen-bond acceptors (Lipinski definition) is 1. The van der Waals surface area contributed by atoms with Crippen LogP contribution in [0.15, 0.2) is 77.9 Å². The molecule has 1 aromatic heterocycles. The first-order valence-electron chi connectivity index (χ1n) is 19.0. The van der Waals surface area contributed by atoms with Crippen LogP contribution in [0.25, 0.3) is 39.0 Å². The molecule has 0 saturated heterocycles. The van der Waals surface area contributed by atoms with E-state index in [0.717, 1.165) is 6.61 Å². The number of aromatic nitrogens is 1. The van der Waals surface area contributed by atoms with Gasteiger partial charge < -0.3 is 9.30 Å². The number of ether oxygens (including phenoxy) is 1. The topological polar surface area (TPSA) is 14.2 Å². The molecule has 1 heterocycles. The van der Waals surface area contributed by atoms with Crippen molar-refractivity contribution in [2.75, 3.05) is 6.61 Å². The van der Waals surface area contributed by atoms with Gasteiger partial charge in [0.05, 0.1) is 13.7 Å². The highest BCUT2D eigenvalue weighted by Gasteiger charge is 2.48. The minimum atomic E-state index is -1.80. The molecule has 3 aromatic carbocycles. The standard InChI is InChI=1S/C45H57NOSi/c1-8-48(9-2,35-24-22-32(28-35)17-12-10-11-15-26-47-45(4,5)6)44-31(3)27-39-40(44)29-33-18-16-20-36(33)43(39)34-23-25-42-38(30-34)37-19-13-14-21-41(37)46(42)7/h13-14,19,21-25,27-30,35,44H,8-12,15-18,20,26H2,1-7H3. The third-order valence-corrected chi connectivity index (χ3v) is 18.4. The molecule has 48 heavy (non-hydrogen) atoms. The van der Waals surface area contributed by atoms with Crippen molar-refractivity contribution in [2.24, 2.45) is 7.05 Å². The number of para-hydroxylation sites is 1. The zero-order chi connectivity index (χ0) is 33.6. The van der Waals surface area contributed by atoms with Crippen LogP contribution < -0.4 is 0 Å². The van der Waals surface area contributed by atoms with E-state index in [1.54, 1.807) is 27.8 Å². The molecule has 0 spiro atoms. The van der Waals surface area contributed by atoms with Crippen molar-refractivity contribution in [3.63, 3.8) is 0 Å². The molecular formula is C45H57NOSi. The summed E-state index contributed by atoms with van der Waals surface area (Å²) in [6.45, 7) is 14.8. The fourth-order valence-electron chi connectivity index (χ4n) is 9.73. The lowest BCUT2D eigenvalue weighted by molar-refractivity contribution is -0.00473. The summed E-state index contributed by atoms with van der Waals surface area (Å²) in [6.07, 6.45) is 20.4. The van der Waals surface area contributed by atoms with Crippen molar-refractivity contribution >= 4 is 36.0 Å². The quantitative estimate of drug-likeness (QED) is 0.109. The van der Waals surface area contributed by atoms with Crippen LogP contribution in [-0.4, -0.2) is 24.8 Å². The summed E-state index contributed by atoms with van der Waals surface area (Å²) < 4.78 is 8.29. The highest BCUT2D eigenvalue weighted by atomic mass is 28.3. The van der Waals surface area contributed by atoms with E-state index < -0.39 is 8.07 Å². The van der Waals surface area contributed by atoms with Gasteiger partial charge in [-0.05, 0) is 123 Å². The van der Waals surface area contributed by atoms with Gasteiger partial charge in [0, 0.05) is 41.0 Å². The van der Waals surface area contributed by atoms with Crippen LogP contribution in [-0.2, 0) is 24.6 Å². The number of fused-ring (bicyclic) bond motifs is 5. The Morgan fingerprint density at radius 3 is 2.46 bits per heavy atom. The van der Waals surface area contributed by atoms with Gasteiger partial charge in [-0.3, -0.25) is 0 Å². The fraction of sp³-hybridized carbons (Fsp3) is 0.467. The largest absolute Gasteiger partial charge is 0.376 e. The number of aryl methyl sites for hydroxylation is 2. The Morgan fingerprint density at radius 1 is 0.896 bits per heavy atom. The first-order chi connectivity index (χ1) is 23.1. The molecule has 0 N–H and O–H groups in total. The average molecular weight is 656 g/mol. The average Bonchev–Trinajstić information content (AvgIpc) is 3.86. The number of nitrogens with zero attached hydrogens (tertiary/aromatic N) is 1. The van der Waals surface area contributed by atoms with Gasteiger partial charge in [0.2, 0.25) is 0 Å². The van der Waals surface area contributed by atoms with Crippen molar-refractivity contribution in [3.05, 3.63) is 100 Å². The molecule has 3 aliphatic rings. The summed E-state index contributed by atoms with van der Waals surface area (Å²) in [5.41, 5.74) is 16.4. The highest BCUT2D eigenvalue weighted by Crippen LogP contribution is 2.55. The Bertz CT molecular complexity index is 1920. The first-order valence-corrected chi connectivity index (χ1v) is 21.6. The molecule has 2 atom stereocenters. The van der Waals surface area contributed by atoms with Crippen LogP contribution in [0.5, 0.6) is 0 Å². The molecule has 3 aliphatic carbocycles. The summed E-state index contributed by atoms with van der Waals surface area (Å²) in [5, 5.41) is 2.74. The molecule has 0 bridgehead atoms. The van der Waals surface area contributed by atoms with E-state index in [1.165, 1.54) is 102 Å². The van der Waals surface area contributed by atoms with Crippen LogP contribution in [0.4, 0.5) is 0 Å². The van der Waals surface area contributed by atoms with Crippen molar-refractivity contribution in [2.45, 2.75) is 122 Å². The Balaban J connectivity index is 1.19. The smallest absolute Gasteiger partial charge is 0.0765 e. The summed E-state index contributed by atoms with van der Waals surface area (Å²) in [4.78, 5) is 0. The predicted molar refractivity (Wildman–Crippen MR) is 211 cm³/mol. The molecule has 7 rings (SSSR count). The molecule has 2 nitrogen and oxygen atoms in total. The Morgan fingerprint density at radius 2 is 1.67 bits per heavy atom. The van der Waals surface area contributed by atoms with Gasteiger partial charge in [-0.25, -0.2) is 0 Å². The second-order valence-electron chi connectivity index (χ2n) is 16.1. The van der Waals surface area contributed by atoms with Gasteiger partial charge in [0.15, 0.2) is 0 Å². The molecule has 0 fully saturated rings. The maximum atomic E-state index is 5.93. The number of unbranched alkanes of at least 4 members (excludes halogenated alkanes) is 3. The van der Waals surface area contributed by atoms with Gasteiger partial charge in [0.1, 0.15) is 0 Å². The molecule has 0 aliphatic heterocycles. The summed E-state index contributed by atoms with van der Waals surface area (Å²) in [5.74, 6) is 0. The van der Waals surface area contributed by atoms with Gasteiger partial charge in [0.25, 0.3) is 0 Å². The SMILES string of the molecule is CC[Si](CC)(C1C=CC(CCCCCCOC(C)(C)C)=C1)C1C(C)=Cc2c1cc1c(c2-c2ccc3c(c2)c2ccccc2n3C)CCC1. The third-order valence-electron chi connectivity index (χ3n) is 12.2. The fourth-order valence-corrected chi connectivity index (χ4v) is 15.2. The minimum Gasteiger partial charge on any atom is -0.376 e. The number of hydrogen-bond donors (Lipinski definition) is 0. The lowest BCUT2D eigenvalue weighted by Crippen LogP contribution is -2.44. The molecular weight excluding hydrogens is 599 g/mol. The normalized spacial score (nSPS) is 19.0. The Hall–Kier alpha value is -3.14. The Labute approximate surface area is 291 Å². The second-order valence-corrected chi connectivity index (χ2v) is 21.2. The second kappa shape index (κ2) is 13.3. The van der Waals surface area contributed by atoms with Crippen molar-refractivity contribution < 1.29 is 4.74 Å². The maximum Gasteiger partial charge on any atom is 0.0765 e. The zero-order valence-electron chi connectivity index (χ0n) is 30.7. The zero-order valence-corrected chi connectivity index (χ0v) is 31.7. The minimum absolute atomic E-state index is 0.0236. The van der Waals surface area contributed by atoms with E-state index >= 15 is 0 Å². The number of benzene rings is 3. The van der Waals surface area contributed by atoms with Crippen LogP contribution in [0, 0.1) is 0 Å². The molecule has 4 aromatic rings. The summed E-state index contributed by atoms with van der Waals surface area (Å²) >= 11 is 0. The molecule has 0 saturated carbocycles. The van der Waals surface area contributed by atoms with Crippen molar-refractivity contribution in [1.82, 2.24) is 4.57 Å². The predicted octanol–water partition coefficient (Wildman–Crippen LogP) is 12.6. The number of allylic oxidation sites excluding steroid dienone is 5. The van der Waals surface area contributed by atoms with Crippen molar-refractivity contribution in [3.8, 4) is 11.1 Å². The molecule has 0 radical (unpaired) electrons. The lowest BCUT2D eigenvalue weighted by atomic mass is 9.89. The molecule has 3 heteroatoms. The van der Waals surface area contributed by atoms with E-state index in [4.69, 9.17) is 4.74 Å². The van der Waals surface area contributed by atoms with Crippen LogP contribution in [0.3, 0.4) is 0 Å². The van der Waals surface area contributed by atoms with Crippen molar-refractivity contribution in [1.29, 1.82) is 0 Å². The van der Waals surface area contributed by atoms with Gasteiger partial charge in [-0.15, -0.1) is 0 Å².